The number of aryl methyl sites for hydroxylation is 1. The Bertz CT molecular complexity index is 854. The molecule has 1 aromatic carbocycles. The average molecular weight is 373 g/mol. The zero-order valence-corrected chi connectivity index (χ0v) is 15.9. The van der Waals surface area contributed by atoms with Crippen LogP contribution in [0.25, 0.3) is 5.69 Å². The molecule has 6 nitrogen and oxygen atoms in total. The number of carbonyl (C=O) groups is 2. The molecule has 1 fully saturated rings. The lowest BCUT2D eigenvalue weighted by atomic mass is 10.2. The number of benzene rings is 1. The van der Waals surface area contributed by atoms with Gasteiger partial charge < -0.3 is 19.1 Å². The highest BCUT2D eigenvalue weighted by Gasteiger charge is 2.28. The summed E-state index contributed by atoms with van der Waals surface area (Å²) in [5.74, 6) is -0.435. The fourth-order valence-electron chi connectivity index (χ4n) is 3.46. The molecule has 7 heteroatoms. The standard InChI is InChI=1S/C20H24FN3O3/c1-4-27-20(26)23-11-9-22(10-12-23)19(25)16-13-14(2)24(15(16)3)18-8-6-5-7-17(18)21/h5-8,13H,4,9-12H2,1-3H3. The van der Waals surface area contributed by atoms with Crippen LogP contribution in [0.4, 0.5) is 9.18 Å². The van der Waals surface area contributed by atoms with E-state index in [-0.39, 0.29) is 17.8 Å². The largest absolute Gasteiger partial charge is 0.450 e. The fourth-order valence-corrected chi connectivity index (χ4v) is 3.46. The van der Waals surface area contributed by atoms with Gasteiger partial charge in [-0.1, -0.05) is 12.1 Å². The van der Waals surface area contributed by atoms with Gasteiger partial charge in [0, 0.05) is 37.6 Å². The predicted molar refractivity (Wildman–Crippen MR) is 99.7 cm³/mol. The van der Waals surface area contributed by atoms with Crippen molar-refractivity contribution >= 4 is 12.0 Å². The van der Waals surface area contributed by atoms with E-state index >= 15 is 0 Å². The SMILES string of the molecule is CCOC(=O)N1CCN(C(=O)c2cc(C)n(-c3ccccc3F)c2C)CC1. The molecule has 0 radical (unpaired) electrons. The van der Waals surface area contributed by atoms with Crippen molar-refractivity contribution in [1.29, 1.82) is 0 Å². The summed E-state index contributed by atoms with van der Waals surface area (Å²) in [5, 5.41) is 0. The number of rotatable bonds is 3. The quantitative estimate of drug-likeness (QED) is 0.831. The average Bonchev–Trinajstić information content (AvgIpc) is 2.96. The molecule has 27 heavy (non-hydrogen) atoms. The van der Waals surface area contributed by atoms with E-state index in [0.29, 0.717) is 49.7 Å². The van der Waals surface area contributed by atoms with Crippen molar-refractivity contribution < 1.29 is 18.7 Å². The third-order valence-corrected chi connectivity index (χ3v) is 4.85. The van der Waals surface area contributed by atoms with Gasteiger partial charge in [0.1, 0.15) is 5.82 Å². The Morgan fingerprint density at radius 3 is 2.33 bits per heavy atom. The summed E-state index contributed by atoms with van der Waals surface area (Å²) in [4.78, 5) is 28.1. The Labute approximate surface area is 158 Å². The van der Waals surface area contributed by atoms with Crippen molar-refractivity contribution in [3.8, 4) is 5.69 Å². The molecule has 0 bridgehead atoms. The van der Waals surface area contributed by atoms with Crippen molar-refractivity contribution in [1.82, 2.24) is 14.4 Å². The smallest absolute Gasteiger partial charge is 0.409 e. The third kappa shape index (κ3) is 3.67. The maximum absolute atomic E-state index is 14.2. The summed E-state index contributed by atoms with van der Waals surface area (Å²) in [6, 6.07) is 8.31. The van der Waals surface area contributed by atoms with Crippen LogP contribution in [0.5, 0.6) is 0 Å². The van der Waals surface area contributed by atoms with E-state index in [9.17, 15) is 14.0 Å². The summed E-state index contributed by atoms with van der Waals surface area (Å²) in [7, 11) is 0. The molecule has 2 heterocycles. The van der Waals surface area contributed by atoms with E-state index in [2.05, 4.69) is 0 Å². The number of nitrogens with zero attached hydrogens (tertiary/aromatic N) is 3. The van der Waals surface area contributed by atoms with E-state index in [4.69, 9.17) is 4.74 Å². The second-order valence-electron chi connectivity index (χ2n) is 6.55. The van der Waals surface area contributed by atoms with Crippen molar-refractivity contribution in [2.45, 2.75) is 20.8 Å². The first-order valence-corrected chi connectivity index (χ1v) is 9.08. The maximum Gasteiger partial charge on any atom is 0.409 e. The number of hydrogen-bond acceptors (Lipinski definition) is 3. The molecule has 2 amide bonds. The molecule has 0 saturated carbocycles. The number of aromatic nitrogens is 1. The topological polar surface area (TPSA) is 54.8 Å². The number of hydrogen-bond donors (Lipinski definition) is 0. The Balaban J connectivity index is 1.78. The van der Waals surface area contributed by atoms with Crippen molar-refractivity contribution in [3.63, 3.8) is 0 Å². The lowest BCUT2D eigenvalue weighted by molar-refractivity contribution is 0.0570. The molecule has 1 aromatic heterocycles. The highest BCUT2D eigenvalue weighted by molar-refractivity contribution is 5.96. The van der Waals surface area contributed by atoms with E-state index in [1.165, 1.54) is 6.07 Å². The molecule has 0 atom stereocenters. The number of ether oxygens (including phenoxy) is 1. The number of amides is 2. The number of carbonyl (C=O) groups excluding carboxylic acids is 2. The molecule has 1 aliphatic rings. The van der Waals surface area contributed by atoms with Gasteiger partial charge in [0.15, 0.2) is 0 Å². The van der Waals surface area contributed by atoms with Crippen LogP contribution >= 0.6 is 0 Å². The lowest BCUT2D eigenvalue weighted by Crippen LogP contribution is -2.50. The van der Waals surface area contributed by atoms with Crippen LogP contribution in [0.3, 0.4) is 0 Å². The summed E-state index contributed by atoms with van der Waals surface area (Å²) in [5.41, 5.74) is 2.49. The van der Waals surface area contributed by atoms with Crippen LogP contribution in [0.1, 0.15) is 28.7 Å². The van der Waals surface area contributed by atoms with Crippen LogP contribution in [0.2, 0.25) is 0 Å². The van der Waals surface area contributed by atoms with Gasteiger partial charge in [0.25, 0.3) is 5.91 Å². The summed E-state index contributed by atoms with van der Waals surface area (Å²) >= 11 is 0. The Morgan fingerprint density at radius 1 is 1.07 bits per heavy atom. The van der Waals surface area contributed by atoms with Gasteiger partial charge in [-0.25, -0.2) is 9.18 Å². The van der Waals surface area contributed by atoms with E-state index in [1.54, 1.807) is 45.6 Å². The van der Waals surface area contributed by atoms with Gasteiger partial charge in [0.2, 0.25) is 0 Å². The van der Waals surface area contributed by atoms with Crippen molar-refractivity contribution in [2.75, 3.05) is 32.8 Å². The molecule has 0 spiro atoms. The molecule has 144 valence electrons. The molecule has 1 aliphatic heterocycles. The lowest BCUT2D eigenvalue weighted by Gasteiger charge is -2.34. The molecule has 0 aliphatic carbocycles. The zero-order valence-electron chi connectivity index (χ0n) is 15.9. The number of para-hydroxylation sites is 1. The molecule has 0 N–H and O–H groups in total. The van der Waals surface area contributed by atoms with Crippen molar-refractivity contribution in [2.24, 2.45) is 0 Å². The van der Waals surface area contributed by atoms with Gasteiger partial charge in [-0.2, -0.15) is 0 Å². The Kier molecular flexibility index (Phi) is 5.48. The van der Waals surface area contributed by atoms with E-state index in [1.807, 2.05) is 13.8 Å². The van der Waals surface area contributed by atoms with Crippen molar-refractivity contribution in [3.05, 3.63) is 53.1 Å². The van der Waals surface area contributed by atoms with Gasteiger partial charge in [-0.15, -0.1) is 0 Å². The highest BCUT2D eigenvalue weighted by Crippen LogP contribution is 2.24. The van der Waals surface area contributed by atoms with Crippen LogP contribution in [-0.4, -0.2) is 59.2 Å². The minimum Gasteiger partial charge on any atom is -0.450 e. The second kappa shape index (κ2) is 7.82. The zero-order chi connectivity index (χ0) is 19.6. The summed E-state index contributed by atoms with van der Waals surface area (Å²) < 4.78 is 21.0. The highest BCUT2D eigenvalue weighted by atomic mass is 19.1. The Morgan fingerprint density at radius 2 is 1.70 bits per heavy atom. The van der Waals surface area contributed by atoms with E-state index in [0.717, 1.165) is 5.69 Å². The molecular formula is C20H24FN3O3. The first-order valence-electron chi connectivity index (χ1n) is 9.08. The number of piperazine rings is 1. The normalized spacial score (nSPS) is 14.4. The maximum atomic E-state index is 14.2. The third-order valence-electron chi connectivity index (χ3n) is 4.85. The second-order valence-corrected chi connectivity index (χ2v) is 6.55. The first kappa shape index (κ1) is 18.9. The minimum absolute atomic E-state index is 0.103. The molecular weight excluding hydrogens is 349 g/mol. The van der Waals surface area contributed by atoms with Gasteiger partial charge in [-0.05, 0) is 39.0 Å². The predicted octanol–water partition coefficient (Wildman–Crippen LogP) is 3.15. The van der Waals surface area contributed by atoms with Gasteiger partial charge in [0.05, 0.1) is 17.9 Å². The van der Waals surface area contributed by atoms with Gasteiger partial charge in [-0.3, -0.25) is 4.79 Å². The first-order chi connectivity index (χ1) is 12.9. The summed E-state index contributed by atoms with van der Waals surface area (Å²) in [6.45, 7) is 7.55. The summed E-state index contributed by atoms with van der Waals surface area (Å²) in [6.07, 6.45) is -0.345. The van der Waals surface area contributed by atoms with Crippen LogP contribution in [0, 0.1) is 19.7 Å². The minimum atomic E-state index is -0.345. The monoisotopic (exact) mass is 373 g/mol. The fraction of sp³-hybridized carbons (Fsp3) is 0.400. The van der Waals surface area contributed by atoms with Crippen LogP contribution in [0.15, 0.2) is 30.3 Å². The van der Waals surface area contributed by atoms with Gasteiger partial charge >= 0.3 is 6.09 Å². The molecule has 0 unspecified atom stereocenters. The number of halogens is 1. The Hall–Kier alpha value is -2.83. The molecule has 3 rings (SSSR count). The molecule has 2 aromatic rings. The van der Waals surface area contributed by atoms with Crippen LogP contribution in [-0.2, 0) is 4.74 Å². The van der Waals surface area contributed by atoms with Crippen LogP contribution < -0.4 is 0 Å². The molecule has 1 saturated heterocycles. The van der Waals surface area contributed by atoms with E-state index < -0.39 is 0 Å².